The summed E-state index contributed by atoms with van der Waals surface area (Å²) in [5.74, 6) is 0.649. The van der Waals surface area contributed by atoms with Crippen molar-refractivity contribution in [3.05, 3.63) is 59.9 Å². The Morgan fingerprint density at radius 1 is 1.00 bits per heavy atom. The second-order valence-electron chi connectivity index (χ2n) is 6.21. The van der Waals surface area contributed by atoms with E-state index < -0.39 is 6.10 Å². The molecule has 1 saturated heterocycles. The molecule has 5 heteroatoms. The van der Waals surface area contributed by atoms with Crippen LogP contribution in [0.2, 0.25) is 0 Å². The number of fused-ring (bicyclic) bond motifs is 1. The maximum atomic E-state index is 13.0. The number of para-hydroxylation sites is 1. The quantitative estimate of drug-likeness (QED) is 0.850. The summed E-state index contributed by atoms with van der Waals surface area (Å²) in [6, 6.07) is 14.3. The van der Waals surface area contributed by atoms with Crippen molar-refractivity contribution in [2.75, 3.05) is 31.1 Å². The predicted octanol–water partition coefficient (Wildman–Crippen LogP) is 2.48. The lowest BCUT2D eigenvalue weighted by atomic mass is 10.1. The van der Waals surface area contributed by atoms with Gasteiger partial charge in [-0.25, -0.2) is 4.39 Å². The van der Waals surface area contributed by atoms with Crippen LogP contribution in [0.15, 0.2) is 48.5 Å². The number of ether oxygens (including phenoxy) is 1. The number of carbonyl (C=O) groups excluding carboxylic acids is 1. The fourth-order valence-corrected chi connectivity index (χ4v) is 3.36. The lowest BCUT2D eigenvalue weighted by Gasteiger charge is -2.37. The van der Waals surface area contributed by atoms with E-state index in [0.29, 0.717) is 19.5 Å². The van der Waals surface area contributed by atoms with Crippen LogP contribution in [0.5, 0.6) is 5.75 Å². The lowest BCUT2D eigenvalue weighted by molar-refractivity contribution is -0.138. The molecule has 2 aromatic carbocycles. The molecule has 0 bridgehead atoms. The monoisotopic (exact) mass is 326 g/mol. The third-order valence-electron chi connectivity index (χ3n) is 4.71. The first-order chi connectivity index (χ1) is 11.7. The van der Waals surface area contributed by atoms with Crippen LogP contribution in [0.25, 0.3) is 0 Å². The average Bonchev–Trinajstić information content (AvgIpc) is 3.06. The molecular weight excluding hydrogens is 307 g/mol. The Hall–Kier alpha value is -2.56. The van der Waals surface area contributed by atoms with E-state index in [9.17, 15) is 9.18 Å². The fourth-order valence-electron chi connectivity index (χ4n) is 3.36. The molecule has 2 aliphatic heterocycles. The zero-order valence-electron chi connectivity index (χ0n) is 13.3. The van der Waals surface area contributed by atoms with E-state index in [0.717, 1.165) is 30.1 Å². The Kier molecular flexibility index (Phi) is 3.84. The third-order valence-corrected chi connectivity index (χ3v) is 4.71. The molecule has 4 nitrogen and oxygen atoms in total. The molecule has 0 saturated carbocycles. The molecular formula is C19H19FN2O2. The van der Waals surface area contributed by atoms with E-state index in [1.165, 1.54) is 12.1 Å². The molecule has 0 N–H and O–H groups in total. The van der Waals surface area contributed by atoms with Gasteiger partial charge >= 0.3 is 0 Å². The maximum Gasteiger partial charge on any atom is 0.264 e. The van der Waals surface area contributed by atoms with Crippen LogP contribution in [0, 0.1) is 5.82 Å². The second-order valence-corrected chi connectivity index (χ2v) is 6.21. The number of amides is 1. The Morgan fingerprint density at radius 3 is 2.42 bits per heavy atom. The van der Waals surface area contributed by atoms with Crippen molar-refractivity contribution in [3.8, 4) is 5.75 Å². The van der Waals surface area contributed by atoms with Gasteiger partial charge in [0, 0.05) is 38.3 Å². The number of rotatable bonds is 2. The van der Waals surface area contributed by atoms with Crippen LogP contribution >= 0.6 is 0 Å². The lowest BCUT2D eigenvalue weighted by Crippen LogP contribution is -2.52. The number of piperazine rings is 1. The first-order valence-electron chi connectivity index (χ1n) is 8.24. The number of hydrogen-bond acceptors (Lipinski definition) is 3. The van der Waals surface area contributed by atoms with E-state index in [2.05, 4.69) is 4.90 Å². The summed E-state index contributed by atoms with van der Waals surface area (Å²) < 4.78 is 18.8. The summed E-state index contributed by atoms with van der Waals surface area (Å²) >= 11 is 0. The number of anilines is 1. The summed E-state index contributed by atoms with van der Waals surface area (Å²) in [6.45, 7) is 2.81. The van der Waals surface area contributed by atoms with Gasteiger partial charge in [0.1, 0.15) is 11.6 Å². The minimum absolute atomic E-state index is 0.0601. The normalized spacial score (nSPS) is 19.8. The Labute approximate surface area is 140 Å². The van der Waals surface area contributed by atoms with Crippen molar-refractivity contribution in [1.82, 2.24) is 4.90 Å². The number of halogens is 1. The van der Waals surface area contributed by atoms with E-state index in [1.807, 2.05) is 29.2 Å². The zero-order chi connectivity index (χ0) is 16.5. The zero-order valence-corrected chi connectivity index (χ0v) is 13.3. The van der Waals surface area contributed by atoms with Crippen molar-refractivity contribution in [3.63, 3.8) is 0 Å². The first kappa shape index (κ1) is 15.0. The van der Waals surface area contributed by atoms with Crippen LogP contribution in [-0.4, -0.2) is 43.1 Å². The summed E-state index contributed by atoms with van der Waals surface area (Å²) in [5.41, 5.74) is 2.09. The van der Waals surface area contributed by atoms with Crippen LogP contribution in [0.4, 0.5) is 10.1 Å². The summed E-state index contributed by atoms with van der Waals surface area (Å²) in [7, 11) is 0. The fraction of sp³-hybridized carbons (Fsp3) is 0.316. The third kappa shape index (κ3) is 2.82. The minimum atomic E-state index is -0.403. The topological polar surface area (TPSA) is 32.8 Å². The molecule has 0 spiro atoms. The highest BCUT2D eigenvalue weighted by atomic mass is 19.1. The minimum Gasteiger partial charge on any atom is -0.480 e. The molecule has 124 valence electrons. The van der Waals surface area contributed by atoms with Gasteiger partial charge in [0.25, 0.3) is 5.91 Å². The van der Waals surface area contributed by atoms with Gasteiger partial charge in [-0.15, -0.1) is 0 Å². The Bertz CT molecular complexity index is 714. The van der Waals surface area contributed by atoms with Crippen molar-refractivity contribution in [1.29, 1.82) is 0 Å². The van der Waals surface area contributed by atoms with Gasteiger partial charge in [-0.1, -0.05) is 18.2 Å². The SMILES string of the molecule is O=C([C@@H]1Cc2ccccc2O1)N1CCN(c2ccc(F)cc2)CC1. The number of benzene rings is 2. The molecule has 24 heavy (non-hydrogen) atoms. The molecule has 1 atom stereocenters. The van der Waals surface area contributed by atoms with Gasteiger partial charge in [0.15, 0.2) is 6.10 Å². The summed E-state index contributed by atoms with van der Waals surface area (Å²) in [5, 5.41) is 0. The molecule has 0 aromatic heterocycles. The Morgan fingerprint density at radius 2 is 1.71 bits per heavy atom. The summed E-state index contributed by atoms with van der Waals surface area (Å²) in [6.07, 6.45) is 0.243. The van der Waals surface area contributed by atoms with Gasteiger partial charge in [-0.05, 0) is 35.9 Å². The highest BCUT2D eigenvalue weighted by Gasteiger charge is 2.33. The van der Waals surface area contributed by atoms with Gasteiger partial charge in [0.05, 0.1) is 0 Å². The van der Waals surface area contributed by atoms with E-state index in [4.69, 9.17) is 4.74 Å². The van der Waals surface area contributed by atoms with Crippen molar-refractivity contribution >= 4 is 11.6 Å². The van der Waals surface area contributed by atoms with Crippen molar-refractivity contribution in [2.24, 2.45) is 0 Å². The van der Waals surface area contributed by atoms with Crippen LogP contribution < -0.4 is 9.64 Å². The van der Waals surface area contributed by atoms with Crippen LogP contribution in [-0.2, 0) is 11.2 Å². The predicted molar refractivity (Wildman–Crippen MR) is 89.8 cm³/mol. The highest BCUT2D eigenvalue weighted by molar-refractivity contribution is 5.83. The molecule has 2 aromatic rings. The molecule has 2 aliphatic rings. The molecule has 4 rings (SSSR count). The highest BCUT2D eigenvalue weighted by Crippen LogP contribution is 2.29. The molecule has 0 radical (unpaired) electrons. The van der Waals surface area contributed by atoms with Crippen molar-refractivity contribution in [2.45, 2.75) is 12.5 Å². The van der Waals surface area contributed by atoms with Gasteiger partial charge in [0.2, 0.25) is 0 Å². The number of nitrogens with zero attached hydrogens (tertiary/aromatic N) is 2. The molecule has 2 heterocycles. The first-order valence-corrected chi connectivity index (χ1v) is 8.24. The average molecular weight is 326 g/mol. The molecule has 1 fully saturated rings. The largest absolute Gasteiger partial charge is 0.480 e. The van der Waals surface area contributed by atoms with Gasteiger partial charge in [-0.2, -0.15) is 0 Å². The standard InChI is InChI=1S/C19H19FN2O2/c20-15-5-7-16(8-6-15)21-9-11-22(12-10-21)19(23)18-13-14-3-1-2-4-17(14)24-18/h1-8,18H,9-13H2/t18-/m0/s1. The van der Waals surface area contributed by atoms with E-state index in [-0.39, 0.29) is 11.7 Å². The van der Waals surface area contributed by atoms with E-state index in [1.54, 1.807) is 12.1 Å². The Balaban J connectivity index is 1.36. The molecule has 0 aliphatic carbocycles. The van der Waals surface area contributed by atoms with Crippen molar-refractivity contribution < 1.29 is 13.9 Å². The number of carbonyl (C=O) groups is 1. The maximum absolute atomic E-state index is 13.0. The molecule has 0 unspecified atom stereocenters. The second kappa shape index (κ2) is 6.15. The number of hydrogen-bond donors (Lipinski definition) is 0. The van der Waals surface area contributed by atoms with Gasteiger partial charge < -0.3 is 14.5 Å². The van der Waals surface area contributed by atoms with Crippen LogP contribution in [0.1, 0.15) is 5.56 Å². The smallest absolute Gasteiger partial charge is 0.264 e. The van der Waals surface area contributed by atoms with Crippen LogP contribution in [0.3, 0.4) is 0 Å². The summed E-state index contributed by atoms with van der Waals surface area (Å²) in [4.78, 5) is 16.7. The van der Waals surface area contributed by atoms with E-state index >= 15 is 0 Å². The molecule has 1 amide bonds. The van der Waals surface area contributed by atoms with Gasteiger partial charge in [-0.3, -0.25) is 4.79 Å².